The zero-order valence-corrected chi connectivity index (χ0v) is 13.4. The lowest BCUT2D eigenvalue weighted by Gasteiger charge is -2.20. The number of thioether (sulfide) groups is 1. The van der Waals surface area contributed by atoms with Gasteiger partial charge in [0, 0.05) is 29.2 Å². The van der Waals surface area contributed by atoms with Gasteiger partial charge in [-0.1, -0.05) is 0 Å². The summed E-state index contributed by atoms with van der Waals surface area (Å²) in [4.78, 5) is 25.0. The van der Waals surface area contributed by atoms with Crippen LogP contribution in [0.1, 0.15) is 36.5 Å². The first-order valence-corrected chi connectivity index (χ1v) is 8.61. The molecule has 5 nitrogen and oxygen atoms in total. The van der Waals surface area contributed by atoms with Gasteiger partial charge in [-0.25, -0.2) is 0 Å². The Labute approximate surface area is 134 Å². The maximum absolute atomic E-state index is 12.4. The molecular weight excluding hydrogens is 300 g/mol. The largest absolute Gasteiger partial charge is 0.376 e. The molecule has 1 aromatic carbocycles. The summed E-state index contributed by atoms with van der Waals surface area (Å²) in [6.45, 7) is 2.74. The first-order valence-electron chi connectivity index (χ1n) is 7.62. The van der Waals surface area contributed by atoms with Crippen molar-refractivity contribution < 1.29 is 14.3 Å². The lowest BCUT2D eigenvalue weighted by molar-refractivity contribution is -0.115. The Kier molecular flexibility index (Phi) is 4.69. The summed E-state index contributed by atoms with van der Waals surface area (Å²) < 4.78 is 5.60. The summed E-state index contributed by atoms with van der Waals surface area (Å²) in [5.74, 6) is 0.631. The van der Waals surface area contributed by atoms with Crippen molar-refractivity contribution in [2.45, 2.75) is 43.2 Å². The van der Waals surface area contributed by atoms with Crippen molar-refractivity contribution in [2.75, 3.05) is 17.7 Å². The van der Waals surface area contributed by atoms with Gasteiger partial charge in [0.05, 0.1) is 17.8 Å². The van der Waals surface area contributed by atoms with Crippen molar-refractivity contribution in [2.24, 2.45) is 0 Å². The molecule has 0 bridgehead atoms. The molecule has 6 heteroatoms. The molecule has 2 aliphatic rings. The highest BCUT2D eigenvalue weighted by Crippen LogP contribution is 2.31. The third-order valence-corrected chi connectivity index (χ3v) is 5.06. The first kappa shape index (κ1) is 15.4. The molecule has 1 aromatic rings. The minimum Gasteiger partial charge on any atom is -0.376 e. The standard InChI is InChI=1S/C16H20N2O3S/c1-10(13-3-2-7-21-13)17-16(20)11-4-5-14-12(9-11)18-15(19)6-8-22-14/h4-5,9-10,13H,2-3,6-8H2,1H3,(H,17,20)(H,18,19)/t10-,13-/m1/s1. The molecule has 1 fully saturated rings. The zero-order valence-electron chi connectivity index (χ0n) is 12.6. The number of fused-ring (bicyclic) bond motifs is 1. The van der Waals surface area contributed by atoms with Crippen LogP contribution in [0.5, 0.6) is 0 Å². The first-order chi connectivity index (χ1) is 10.6. The van der Waals surface area contributed by atoms with Crippen LogP contribution in [0.3, 0.4) is 0 Å². The highest BCUT2D eigenvalue weighted by Gasteiger charge is 2.24. The number of anilines is 1. The number of carbonyl (C=O) groups is 2. The van der Waals surface area contributed by atoms with Crippen molar-refractivity contribution in [3.8, 4) is 0 Å². The van der Waals surface area contributed by atoms with Crippen molar-refractivity contribution in [1.29, 1.82) is 0 Å². The number of benzene rings is 1. The summed E-state index contributed by atoms with van der Waals surface area (Å²) in [5, 5.41) is 5.85. The van der Waals surface area contributed by atoms with Crippen LogP contribution in [0.15, 0.2) is 23.1 Å². The van der Waals surface area contributed by atoms with Gasteiger partial charge in [-0.2, -0.15) is 0 Å². The average molecular weight is 320 g/mol. The van der Waals surface area contributed by atoms with Crippen LogP contribution >= 0.6 is 11.8 Å². The highest BCUT2D eigenvalue weighted by atomic mass is 32.2. The van der Waals surface area contributed by atoms with Gasteiger partial charge in [0.1, 0.15) is 0 Å². The van der Waals surface area contributed by atoms with Crippen molar-refractivity contribution in [3.05, 3.63) is 23.8 Å². The molecule has 2 aliphatic heterocycles. The minimum absolute atomic E-state index is 0.00321. The quantitative estimate of drug-likeness (QED) is 0.897. The lowest BCUT2D eigenvalue weighted by atomic mass is 10.1. The van der Waals surface area contributed by atoms with E-state index in [4.69, 9.17) is 4.74 Å². The fourth-order valence-corrected chi connectivity index (χ4v) is 3.68. The van der Waals surface area contributed by atoms with Gasteiger partial charge in [-0.05, 0) is 38.0 Å². The van der Waals surface area contributed by atoms with Crippen molar-refractivity contribution >= 4 is 29.3 Å². The summed E-state index contributed by atoms with van der Waals surface area (Å²) >= 11 is 1.63. The average Bonchev–Trinajstić information content (AvgIpc) is 2.96. The van der Waals surface area contributed by atoms with E-state index < -0.39 is 0 Å². The Morgan fingerprint density at radius 3 is 3.14 bits per heavy atom. The molecule has 2 amide bonds. The van der Waals surface area contributed by atoms with E-state index in [1.54, 1.807) is 23.9 Å². The molecule has 22 heavy (non-hydrogen) atoms. The third kappa shape index (κ3) is 3.44. The van der Waals surface area contributed by atoms with Gasteiger partial charge in [-0.3, -0.25) is 9.59 Å². The molecule has 0 spiro atoms. The Morgan fingerprint density at radius 1 is 1.50 bits per heavy atom. The second-order valence-electron chi connectivity index (χ2n) is 5.67. The van der Waals surface area contributed by atoms with Gasteiger partial charge < -0.3 is 15.4 Å². The van der Waals surface area contributed by atoms with Gasteiger partial charge in [0.2, 0.25) is 5.91 Å². The van der Waals surface area contributed by atoms with Crippen molar-refractivity contribution in [3.63, 3.8) is 0 Å². The van der Waals surface area contributed by atoms with Crippen LogP contribution in [-0.2, 0) is 9.53 Å². The second-order valence-corrected chi connectivity index (χ2v) is 6.81. The number of ether oxygens (including phenoxy) is 1. The summed E-state index contributed by atoms with van der Waals surface area (Å²) in [6.07, 6.45) is 2.63. The summed E-state index contributed by atoms with van der Waals surface area (Å²) in [5.41, 5.74) is 1.29. The maximum Gasteiger partial charge on any atom is 0.251 e. The molecule has 2 heterocycles. The van der Waals surface area contributed by atoms with Gasteiger partial charge in [-0.15, -0.1) is 11.8 Å². The number of nitrogens with one attached hydrogen (secondary N) is 2. The van der Waals surface area contributed by atoms with E-state index in [0.717, 1.165) is 35.8 Å². The van der Waals surface area contributed by atoms with Crippen LogP contribution in [0, 0.1) is 0 Å². The zero-order chi connectivity index (χ0) is 15.5. The molecule has 118 valence electrons. The van der Waals surface area contributed by atoms with Crippen LogP contribution in [-0.4, -0.2) is 36.3 Å². The molecule has 0 aromatic heterocycles. The molecule has 1 saturated heterocycles. The number of rotatable bonds is 3. The fraction of sp³-hybridized carbons (Fsp3) is 0.500. The van der Waals surface area contributed by atoms with Crippen molar-refractivity contribution in [1.82, 2.24) is 5.32 Å². The SMILES string of the molecule is C[C@@H](NC(=O)c1ccc2c(c1)NC(=O)CCS2)[C@H]1CCCO1. The van der Waals surface area contributed by atoms with E-state index in [-0.39, 0.29) is 24.0 Å². The molecular formula is C16H20N2O3S. The molecule has 0 unspecified atom stereocenters. The van der Waals surface area contributed by atoms with Gasteiger partial charge in [0.15, 0.2) is 0 Å². The molecule has 0 saturated carbocycles. The Balaban J connectivity index is 1.71. The van der Waals surface area contributed by atoms with E-state index in [1.807, 2.05) is 13.0 Å². The van der Waals surface area contributed by atoms with Crippen LogP contribution in [0.2, 0.25) is 0 Å². The summed E-state index contributed by atoms with van der Waals surface area (Å²) in [7, 11) is 0. The highest BCUT2D eigenvalue weighted by molar-refractivity contribution is 7.99. The fourth-order valence-electron chi connectivity index (χ4n) is 2.74. The van der Waals surface area contributed by atoms with Gasteiger partial charge in [0.25, 0.3) is 5.91 Å². The van der Waals surface area contributed by atoms with Crippen LogP contribution in [0.25, 0.3) is 0 Å². The molecule has 0 aliphatic carbocycles. The van der Waals surface area contributed by atoms with E-state index in [9.17, 15) is 9.59 Å². The predicted octanol–water partition coefficient (Wildman–Crippen LogP) is 2.42. The molecule has 2 atom stereocenters. The van der Waals surface area contributed by atoms with Gasteiger partial charge >= 0.3 is 0 Å². The van der Waals surface area contributed by atoms with E-state index >= 15 is 0 Å². The maximum atomic E-state index is 12.4. The van der Waals surface area contributed by atoms with E-state index in [0.29, 0.717) is 12.0 Å². The van der Waals surface area contributed by atoms with E-state index in [2.05, 4.69) is 10.6 Å². The summed E-state index contributed by atoms with van der Waals surface area (Å²) in [6, 6.07) is 5.44. The normalized spacial score (nSPS) is 22.4. The number of amides is 2. The third-order valence-electron chi connectivity index (χ3n) is 3.98. The Morgan fingerprint density at radius 2 is 2.36 bits per heavy atom. The molecule has 2 N–H and O–H groups in total. The Bertz CT molecular complexity index is 585. The van der Waals surface area contributed by atoms with Crippen LogP contribution < -0.4 is 10.6 Å². The minimum atomic E-state index is -0.130. The smallest absolute Gasteiger partial charge is 0.251 e. The topological polar surface area (TPSA) is 67.4 Å². The molecule has 3 rings (SSSR count). The number of hydrogen-bond acceptors (Lipinski definition) is 4. The van der Waals surface area contributed by atoms with Crippen LogP contribution in [0.4, 0.5) is 5.69 Å². The Hall–Kier alpha value is -1.53. The second kappa shape index (κ2) is 6.71. The lowest BCUT2D eigenvalue weighted by Crippen LogP contribution is -2.40. The molecule has 0 radical (unpaired) electrons. The number of carbonyl (C=O) groups excluding carboxylic acids is 2. The monoisotopic (exact) mass is 320 g/mol. The number of hydrogen-bond donors (Lipinski definition) is 2. The predicted molar refractivity (Wildman–Crippen MR) is 86.3 cm³/mol. The van der Waals surface area contributed by atoms with E-state index in [1.165, 1.54) is 0 Å².